The van der Waals surface area contributed by atoms with E-state index in [0.29, 0.717) is 0 Å². The van der Waals surface area contributed by atoms with E-state index >= 15 is 0 Å². The van der Waals surface area contributed by atoms with Gasteiger partial charge in [0.2, 0.25) is 10.0 Å². The summed E-state index contributed by atoms with van der Waals surface area (Å²) in [6, 6.07) is 13.8. The summed E-state index contributed by atoms with van der Waals surface area (Å²) in [5.74, 6) is -0.685. The molecule has 25 heavy (non-hydrogen) atoms. The summed E-state index contributed by atoms with van der Waals surface area (Å²) >= 11 is 0. The van der Waals surface area contributed by atoms with Gasteiger partial charge in [0.15, 0.2) is 0 Å². The first-order chi connectivity index (χ1) is 11.6. The van der Waals surface area contributed by atoms with Gasteiger partial charge in [-0.25, -0.2) is 17.9 Å². The van der Waals surface area contributed by atoms with Gasteiger partial charge in [-0.2, -0.15) is 0 Å². The molecule has 0 spiro atoms. The number of hydrogen-bond acceptors (Lipinski definition) is 4. The van der Waals surface area contributed by atoms with E-state index in [4.69, 9.17) is 0 Å². The number of benzene rings is 2. The van der Waals surface area contributed by atoms with Crippen molar-refractivity contribution in [2.24, 2.45) is 0 Å². The molecule has 1 N–H and O–H groups in total. The molecular weight excluding hydrogens is 338 g/mol. The minimum absolute atomic E-state index is 0.0144. The van der Waals surface area contributed by atoms with Crippen LogP contribution in [0, 0.1) is 0 Å². The molecule has 0 aromatic heterocycles. The lowest BCUT2D eigenvalue weighted by atomic mass is 9.87. The zero-order valence-corrected chi connectivity index (χ0v) is 15.7. The van der Waals surface area contributed by atoms with Crippen molar-refractivity contribution in [1.29, 1.82) is 0 Å². The van der Waals surface area contributed by atoms with Crippen LogP contribution in [0.1, 0.15) is 42.3 Å². The zero-order chi connectivity index (χ0) is 18.7. The van der Waals surface area contributed by atoms with Crippen molar-refractivity contribution >= 4 is 16.0 Å². The van der Waals surface area contributed by atoms with E-state index in [1.165, 1.54) is 24.8 Å². The van der Waals surface area contributed by atoms with Crippen LogP contribution in [0.3, 0.4) is 0 Å². The molecule has 2 aromatic rings. The Hall–Kier alpha value is -2.18. The second-order valence-electron chi connectivity index (χ2n) is 6.76. The number of nitrogens with one attached hydrogen (secondary N) is 1. The van der Waals surface area contributed by atoms with Gasteiger partial charge in [-0.1, -0.05) is 57.2 Å². The van der Waals surface area contributed by atoms with Crippen LogP contribution in [-0.2, 0) is 26.7 Å². The molecular formula is C19H23NO4S. The van der Waals surface area contributed by atoms with Crippen LogP contribution in [0.15, 0.2) is 53.4 Å². The van der Waals surface area contributed by atoms with E-state index in [1.54, 1.807) is 12.1 Å². The molecule has 0 saturated carbocycles. The van der Waals surface area contributed by atoms with Gasteiger partial charge >= 0.3 is 5.97 Å². The fourth-order valence-electron chi connectivity index (χ4n) is 2.36. The molecule has 0 fully saturated rings. The standard InChI is InChI=1S/C19H23NO4S/c1-19(2,3)15-11-9-14(10-12-15)13-20-25(22,23)17-8-6-5-7-16(17)18(21)24-4/h5-12,20H,13H2,1-4H3. The van der Waals surface area contributed by atoms with Crippen LogP contribution in [0.5, 0.6) is 0 Å². The first-order valence-corrected chi connectivity index (χ1v) is 9.40. The van der Waals surface area contributed by atoms with Gasteiger partial charge in [-0.05, 0) is 28.7 Å². The highest BCUT2D eigenvalue weighted by Crippen LogP contribution is 2.22. The first kappa shape index (κ1) is 19.1. The molecule has 0 radical (unpaired) electrons. The highest BCUT2D eigenvalue weighted by Gasteiger charge is 2.22. The van der Waals surface area contributed by atoms with Crippen LogP contribution < -0.4 is 4.72 Å². The molecule has 0 aliphatic rings. The van der Waals surface area contributed by atoms with E-state index in [-0.39, 0.29) is 22.4 Å². The summed E-state index contributed by atoms with van der Waals surface area (Å²) in [6.45, 7) is 6.50. The van der Waals surface area contributed by atoms with Crippen molar-refractivity contribution < 1.29 is 17.9 Å². The smallest absolute Gasteiger partial charge is 0.339 e. The third-order valence-corrected chi connectivity index (χ3v) is 5.33. The van der Waals surface area contributed by atoms with Crippen LogP contribution in [0.2, 0.25) is 0 Å². The van der Waals surface area contributed by atoms with E-state index < -0.39 is 16.0 Å². The van der Waals surface area contributed by atoms with Gasteiger partial charge in [0, 0.05) is 6.54 Å². The van der Waals surface area contributed by atoms with Gasteiger partial charge in [-0.15, -0.1) is 0 Å². The summed E-state index contributed by atoms with van der Waals surface area (Å²) in [5, 5.41) is 0. The summed E-state index contributed by atoms with van der Waals surface area (Å²) in [6.07, 6.45) is 0. The minimum atomic E-state index is -3.83. The Morgan fingerprint density at radius 1 is 1.04 bits per heavy atom. The van der Waals surface area contributed by atoms with Crippen molar-refractivity contribution in [3.63, 3.8) is 0 Å². The highest BCUT2D eigenvalue weighted by molar-refractivity contribution is 7.89. The van der Waals surface area contributed by atoms with Crippen molar-refractivity contribution in [2.45, 2.75) is 37.6 Å². The molecule has 6 heteroatoms. The molecule has 134 valence electrons. The highest BCUT2D eigenvalue weighted by atomic mass is 32.2. The van der Waals surface area contributed by atoms with Gasteiger partial charge in [-0.3, -0.25) is 0 Å². The lowest BCUT2D eigenvalue weighted by Gasteiger charge is -2.19. The number of sulfonamides is 1. The van der Waals surface area contributed by atoms with Crippen LogP contribution >= 0.6 is 0 Å². The number of ether oxygens (including phenoxy) is 1. The Bertz CT molecular complexity index is 850. The second-order valence-corrected chi connectivity index (χ2v) is 8.49. The Balaban J connectivity index is 2.19. The average molecular weight is 361 g/mol. The maximum Gasteiger partial charge on any atom is 0.339 e. The number of carbonyl (C=O) groups is 1. The maximum absolute atomic E-state index is 12.6. The molecule has 0 aliphatic heterocycles. The predicted octanol–water partition coefficient (Wildman–Crippen LogP) is 3.25. The predicted molar refractivity (Wildman–Crippen MR) is 96.9 cm³/mol. The van der Waals surface area contributed by atoms with E-state index in [1.807, 2.05) is 24.3 Å². The van der Waals surface area contributed by atoms with Crippen LogP contribution in [0.25, 0.3) is 0 Å². The van der Waals surface area contributed by atoms with Crippen LogP contribution in [-0.4, -0.2) is 21.5 Å². The van der Waals surface area contributed by atoms with Crippen molar-refractivity contribution in [2.75, 3.05) is 7.11 Å². The fraction of sp³-hybridized carbons (Fsp3) is 0.316. The van der Waals surface area contributed by atoms with Gasteiger partial charge in [0.25, 0.3) is 0 Å². The molecule has 0 heterocycles. The summed E-state index contributed by atoms with van der Waals surface area (Å²) in [7, 11) is -2.62. The molecule has 0 atom stereocenters. The summed E-state index contributed by atoms with van der Waals surface area (Å²) < 4.78 is 32.3. The molecule has 0 bridgehead atoms. The number of esters is 1. The van der Waals surface area contributed by atoms with Gasteiger partial charge in [0.1, 0.15) is 0 Å². The third kappa shape index (κ3) is 4.67. The molecule has 2 aromatic carbocycles. The normalized spacial score (nSPS) is 12.0. The number of hydrogen-bond donors (Lipinski definition) is 1. The fourth-order valence-corrected chi connectivity index (χ4v) is 3.57. The monoisotopic (exact) mass is 361 g/mol. The maximum atomic E-state index is 12.6. The van der Waals surface area contributed by atoms with Crippen molar-refractivity contribution in [3.05, 3.63) is 65.2 Å². The lowest BCUT2D eigenvalue weighted by Crippen LogP contribution is -2.25. The van der Waals surface area contributed by atoms with Crippen LogP contribution in [0.4, 0.5) is 0 Å². The topological polar surface area (TPSA) is 72.5 Å². The van der Waals surface area contributed by atoms with E-state index in [9.17, 15) is 13.2 Å². The molecule has 2 rings (SSSR count). The molecule has 0 saturated heterocycles. The van der Waals surface area contributed by atoms with Gasteiger partial charge < -0.3 is 4.74 Å². The SMILES string of the molecule is COC(=O)c1ccccc1S(=O)(=O)NCc1ccc(C(C)(C)C)cc1. The Labute approximate surface area is 149 Å². The zero-order valence-electron chi connectivity index (χ0n) is 14.9. The van der Waals surface area contributed by atoms with Gasteiger partial charge in [0.05, 0.1) is 17.6 Å². The quantitative estimate of drug-likeness (QED) is 0.830. The number of rotatable bonds is 5. The Morgan fingerprint density at radius 3 is 2.20 bits per heavy atom. The molecule has 0 unspecified atom stereocenters. The van der Waals surface area contributed by atoms with E-state index in [0.717, 1.165) is 5.56 Å². The molecule has 5 nitrogen and oxygen atoms in total. The summed E-state index contributed by atoms with van der Waals surface area (Å²) in [5.41, 5.74) is 2.07. The number of methoxy groups -OCH3 is 1. The molecule has 0 amide bonds. The first-order valence-electron chi connectivity index (χ1n) is 7.91. The largest absolute Gasteiger partial charge is 0.465 e. The third-order valence-electron chi connectivity index (χ3n) is 3.87. The molecule has 0 aliphatic carbocycles. The number of carbonyl (C=O) groups excluding carboxylic acids is 1. The van der Waals surface area contributed by atoms with Crippen molar-refractivity contribution in [3.8, 4) is 0 Å². The average Bonchev–Trinajstić information content (AvgIpc) is 2.59. The Morgan fingerprint density at radius 2 is 1.64 bits per heavy atom. The van der Waals surface area contributed by atoms with E-state index in [2.05, 4.69) is 30.2 Å². The Kier molecular flexibility index (Phi) is 5.65. The lowest BCUT2D eigenvalue weighted by molar-refractivity contribution is 0.0596. The minimum Gasteiger partial charge on any atom is -0.465 e. The van der Waals surface area contributed by atoms with Crippen molar-refractivity contribution in [1.82, 2.24) is 4.72 Å². The second kappa shape index (κ2) is 7.37. The summed E-state index contributed by atoms with van der Waals surface area (Å²) in [4.78, 5) is 11.7.